The van der Waals surface area contributed by atoms with Crippen molar-refractivity contribution in [1.29, 1.82) is 0 Å². The van der Waals surface area contributed by atoms with Crippen LogP contribution in [0.3, 0.4) is 0 Å². The Balaban J connectivity index is 2.85. The van der Waals surface area contributed by atoms with Gasteiger partial charge in [0.15, 0.2) is 5.12 Å². The third-order valence-electron chi connectivity index (χ3n) is 1.99. The lowest BCUT2D eigenvalue weighted by Crippen LogP contribution is -2.27. The predicted molar refractivity (Wildman–Crippen MR) is 60.6 cm³/mol. The molecule has 8 heteroatoms. The monoisotopic (exact) mass is 260 g/mol. The molecule has 2 atom stereocenters. The van der Waals surface area contributed by atoms with E-state index in [4.69, 9.17) is 0 Å². The first kappa shape index (κ1) is 13.7. The number of aromatic hydroxyl groups is 1. The molecule has 4 N–H and O–H groups in total. The smallest absolute Gasteiger partial charge is 0.260 e. The van der Waals surface area contributed by atoms with Crippen molar-refractivity contribution in [2.75, 3.05) is 5.75 Å². The Morgan fingerprint density at radius 2 is 2.24 bits per heavy atom. The van der Waals surface area contributed by atoms with Crippen molar-refractivity contribution >= 4 is 16.9 Å². The number of nitrogens with one attached hydrogen (secondary N) is 1. The molecule has 0 fully saturated rings. The summed E-state index contributed by atoms with van der Waals surface area (Å²) in [6.45, 7) is 1.32. The molecule has 2 unspecified atom stereocenters. The molecule has 0 bridgehead atoms. The maximum Gasteiger partial charge on any atom is 0.260 e. The topological polar surface area (TPSA) is 124 Å². The molecule has 7 nitrogen and oxygen atoms in total. The van der Waals surface area contributed by atoms with E-state index in [1.54, 1.807) is 0 Å². The van der Waals surface area contributed by atoms with E-state index < -0.39 is 29.2 Å². The zero-order valence-corrected chi connectivity index (χ0v) is 9.77. The van der Waals surface area contributed by atoms with Crippen LogP contribution < -0.4 is 5.56 Å². The molecular weight excluding hydrogens is 248 g/mol. The molecule has 94 valence electrons. The predicted octanol–water partition coefficient (Wildman–Crippen LogP) is -0.851. The van der Waals surface area contributed by atoms with Gasteiger partial charge in [0.1, 0.15) is 11.7 Å². The molecule has 1 heterocycles. The van der Waals surface area contributed by atoms with Gasteiger partial charge in [0.2, 0.25) is 5.88 Å². The number of hydrogen-bond acceptors (Lipinski definition) is 7. The first-order chi connectivity index (χ1) is 7.93. The van der Waals surface area contributed by atoms with Crippen LogP contribution >= 0.6 is 11.8 Å². The summed E-state index contributed by atoms with van der Waals surface area (Å²) in [5, 5.41) is 28.3. The summed E-state index contributed by atoms with van der Waals surface area (Å²) in [4.78, 5) is 27.6. The number of carbonyl (C=O) groups excluding carboxylic acids is 1. The van der Waals surface area contributed by atoms with Crippen molar-refractivity contribution in [2.45, 2.75) is 19.1 Å². The Morgan fingerprint density at radius 1 is 1.59 bits per heavy atom. The van der Waals surface area contributed by atoms with E-state index in [-0.39, 0.29) is 10.9 Å². The molecule has 0 aliphatic heterocycles. The Kier molecular flexibility index (Phi) is 4.67. The molecular formula is C9H12N2O5S. The number of H-pyrrole nitrogens is 1. The molecule has 1 aromatic rings. The van der Waals surface area contributed by atoms with E-state index >= 15 is 0 Å². The minimum Gasteiger partial charge on any atom is -0.493 e. The van der Waals surface area contributed by atoms with Crippen molar-refractivity contribution < 1.29 is 20.1 Å². The van der Waals surface area contributed by atoms with Crippen LogP contribution in [0.2, 0.25) is 0 Å². The van der Waals surface area contributed by atoms with Crippen molar-refractivity contribution in [3.05, 3.63) is 22.2 Å². The number of aromatic amines is 1. The average Bonchev–Trinajstić information content (AvgIpc) is 2.25. The summed E-state index contributed by atoms with van der Waals surface area (Å²) in [6, 6.07) is 0. The molecule has 0 saturated heterocycles. The molecule has 0 aliphatic rings. The summed E-state index contributed by atoms with van der Waals surface area (Å²) in [5.74, 6) is -0.724. The molecule has 17 heavy (non-hydrogen) atoms. The lowest BCUT2D eigenvalue weighted by molar-refractivity contribution is -0.109. The van der Waals surface area contributed by atoms with Gasteiger partial charge in [0.25, 0.3) is 5.56 Å². The van der Waals surface area contributed by atoms with Crippen molar-refractivity contribution in [2.24, 2.45) is 0 Å². The van der Waals surface area contributed by atoms with Crippen LogP contribution in [0.4, 0.5) is 0 Å². The zero-order valence-electron chi connectivity index (χ0n) is 8.95. The highest BCUT2D eigenvalue weighted by molar-refractivity contribution is 8.13. The normalized spacial score (nSPS) is 14.3. The van der Waals surface area contributed by atoms with Crippen LogP contribution in [0.5, 0.6) is 5.88 Å². The second-order valence-corrected chi connectivity index (χ2v) is 4.48. The van der Waals surface area contributed by atoms with Gasteiger partial charge < -0.3 is 20.3 Å². The highest BCUT2D eigenvalue weighted by Gasteiger charge is 2.25. The third kappa shape index (κ3) is 3.55. The van der Waals surface area contributed by atoms with E-state index in [0.29, 0.717) is 0 Å². The SMILES string of the molecule is CC(=O)SCC(O)C(O)c1c(O)nc[nH]c1=O. The fourth-order valence-electron chi connectivity index (χ4n) is 1.15. The maximum absolute atomic E-state index is 11.3. The summed E-state index contributed by atoms with van der Waals surface area (Å²) < 4.78 is 0. The third-order valence-corrected chi connectivity index (χ3v) is 2.90. The maximum atomic E-state index is 11.3. The quantitative estimate of drug-likeness (QED) is 0.556. The van der Waals surface area contributed by atoms with Gasteiger partial charge in [-0.05, 0) is 0 Å². The number of aliphatic hydroxyl groups excluding tert-OH is 2. The van der Waals surface area contributed by atoms with E-state index in [2.05, 4.69) is 9.97 Å². The van der Waals surface area contributed by atoms with Crippen molar-refractivity contribution in [3.63, 3.8) is 0 Å². The number of nitrogens with zero attached hydrogens (tertiary/aromatic N) is 1. The second-order valence-electron chi connectivity index (χ2n) is 3.28. The lowest BCUT2D eigenvalue weighted by Gasteiger charge is -2.16. The van der Waals surface area contributed by atoms with Crippen LogP contribution in [0, 0.1) is 0 Å². The average molecular weight is 260 g/mol. The van der Waals surface area contributed by atoms with Gasteiger partial charge in [-0.25, -0.2) is 4.98 Å². The van der Waals surface area contributed by atoms with Crippen molar-refractivity contribution in [1.82, 2.24) is 9.97 Å². The van der Waals surface area contributed by atoms with Crippen LogP contribution in [-0.4, -0.2) is 42.3 Å². The number of rotatable bonds is 4. The van der Waals surface area contributed by atoms with Gasteiger partial charge in [-0.3, -0.25) is 9.59 Å². The summed E-state index contributed by atoms with van der Waals surface area (Å²) in [6.07, 6.45) is -1.97. The van der Waals surface area contributed by atoms with E-state index in [1.807, 2.05) is 0 Å². The Morgan fingerprint density at radius 3 is 2.76 bits per heavy atom. The first-order valence-electron chi connectivity index (χ1n) is 4.69. The highest BCUT2D eigenvalue weighted by atomic mass is 32.2. The van der Waals surface area contributed by atoms with Gasteiger partial charge in [-0.1, -0.05) is 11.8 Å². The Bertz CT molecular complexity index is 461. The molecule has 0 aliphatic carbocycles. The van der Waals surface area contributed by atoms with Crippen LogP contribution in [0.15, 0.2) is 11.1 Å². The van der Waals surface area contributed by atoms with Gasteiger partial charge in [-0.15, -0.1) is 0 Å². The van der Waals surface area contributed by atoms with Crippen molar-refractivity contribution in [3.8, 4) is 5.88 Å². The number of thioether (sulfide) groups is 1. The summed E-state index contributed by atoms with van der Waals surface area (Å²) in [7, 11) is 0. The van der Waals surface area contributed by atoms with E-state index in [1.165, 1.54) is 6.92 Å². The zero-order chi connectivity index (χ0) is 13.0. The molecule has 0 radical (unpaired) electrons. The van der Waals surface area contributed by atoms with Gasteiger partial charge in [0, 0.05) is 12.7 Å². The largest absolute Gasteiger partial charge is 0.493 e. The van der Waals surface area contributed by atoms with Crippen LogP contribution in [0.1, 0.15) is 18.6 Å². The lowest BCUT2D eigenvalue weighted by atomic mass is 10.1. The number of hydrogen-bond donors (Lipinski definition) is 4. The standard InChI is InChI=1S/C9H12N2O5S/c1-4(12)17-2-5(13)7(14)6-8(15)10-3-11-9(6)16/h3,5,7,13-14H,2H2,1H3,(H2,10,11,15,16). The number of carbonyl (C=O) groups is 1. The van der Waals surface area contributed by atoms with Gasteiger partial charge in [-0.2, -0.15) is 0 Å². The highest BCUT2D eigenvalue weighted by Crippen LogP contribution is 2.22. The molecule has 0 amide bonds. The molecule has 0 aromatic carbocycles. The molecule has 0 spiro atoms. The van der Waals surface area contributed by atoms with E-state index in [0.717, 1.165) is 18.1 Å². The number of aromatic nitrogens is 2. The fraction of sp³-hybridized carbons (Fsp3) is 0.444. The van der Waals surface area contributed by atoms with E-state index in [9.17, 15) is 24.9 Å². The summed E-state index contributed by atoms with van der Waals surface area (Å²) >= 11 is 0.811. The van der Waals surface area contributed by atoms with Crippen LogP contribution in [-0.2, 0) is 4.79 Å². The minimum atomic E-state index is -1.60. The molecule has 1 rings (SSSR count). The molecule has 0 saturated carbocycles. The second kappa shape index (κ2) is 5.80. The van der Waals surface area contributed by atoms with Crippen LogP contribution in [0.25, 0.3) is 0 Å². The molecule has 1 aromatic heterocycles. The van der Waals surface area contributed by atoms with Gasteiger partial charge >= 0.3 is 0 Å². The Hall–Kier alpha value is -1.38. The fourth-order valence-corrected chi connectivity index (χ4v) is 1.74. The summed E-state index contributed by atoms with van der Waals surface area (Å²) in [5.41, 5.74) is -1.15. The Labute approximate surface area is 101 Å². The van der Waals surface area contributed by atoms with Gasteiger partial charge in [0.05, 0.1) is 12.4 Å². The number of aliphatic hydroxyl groups is 2. The first-order valence-corrected chi connectivity index (χ1v) is 5.68. The minimum absolute atomic E-state index is 0.0791.